The number of nitrogens with one attached hydrogen (secondary N) is 1. The normalized spacial score (nSPS) is 11.5. The number of nitrogens with zero attached hydrogens (tertiary/aromatic N) is 1. The number of carbonyl (C=O) groups excluding carboxylic acids is 1. The molecule has 33 heavy (non-hydrogen) atoms. The number of halogens is 3. The molecule has 1 amide bonds. The van der Waals surface area contributed by atoms with Crippen LogP contribution in [-0.4, -0.2) is 24.1 Å². The predicted molar refractivity (Wildman–Crippen MR) is 122 cm³/mol. The Balaban J connectivity index is 0.00000385. The van der Waals surface area contributed by atoms with E-state index in [4.69, 9.17) is 19.6 Å². The molecule has 0 bridgehead atoms. The molecule has 0 saturated carbocycles. The van der Waals surface area contributed by atoms with Crippen molar-refractivity contribution in [2.75, 3.05) is 13.2 Å². The molecular weight excluding hydrogens is 456 g/mol. The van der Waals surface area contributed by atoms with Crippen LogP contribution in [0.3, 0.4) is 0 Å². The summed E-state index contributed by atoms with van der Waals surface area (Å²) < 4.78 is 43.9. The molecule has 0 radical (unpaired) electrons. The summed E-state index contributed by atoms with van der Waals surface area (Å²) in [6.45, 7) is 6.15. The molecule has 0 spiro atoms. The molecule has 0 fully saturated rings. The number of benzene rings is 2. The maximum Gasteiger partial charge on any atom is 0.273 e. The maximum absolute atomic E-state index is 13.9. The summed E-state index contributed by atoms with van der Waals surface area (Å²) in [6, 6.07) is 7.70. The molecular formula is C23H26ClF2N3O4. The highest BCUT2D eigenvalue weighted by atomic mass is 35.5. The second-order valence-corrected chi connectivity index (χ2v) is 6.97. The summed E-state index contributed by atoms with van der Waals surface area (Å²) >= 11 is 0. The Labute approximate surface area is 196 Å². The molecule has 178 valence electrons. The quantitative estimate of drug-likeness (QED) is 0.456. The van der Waals surface area contributed by atoms with E-state index in [1.165, 1.54) is 6.07 Å². The lowest BCUT2D eigenvalue weighted by molar-refractivity contribution is 0.0943. The Kier molecular flexibility index (Phi) is 9.19. The summed E-state index contributed by atoms with van der Waals surface area (Å²) in [5.74, 6) is -0.576. The van der Waals surface area contributed by atoms with E-state index in [9.17, 15) is 13.6 Å². The van der Waals surface area contributed by atoms with Gasteiger partial charge < -0.3 is 24.9 Å². The zero-order valence-corrected chi connectivity index (χ0v) is 19.3. The van der Waals surface area contributed by atoms with E-state index in [2.05, 4.69) is 10.3 Å². The number of rotatable bonds is 9. The SMILES string of the molecule is CCOc1ccc(-c2nc(C(=O)NCc3ccc(F)cc3F)c(C(C)N)o2)cc1OCC.Cl. The zero-order valence-electron chi connectivity index (χ0n) is 18.5. The third-order valence-electron chi connectivity index (χ3n) is 4.53. The van der Waals surface area contributed by atoms with E-state index >= 15 is 0 Å². The van der Waals surface area contributed by atoms with Crippen LogP contribution >= 0.6 is 12.4 Å². The van der Waals surface area contributed by atoms with E-state index in [0.29, 0.717) is 30.3 Å². The molecule has 1 unspecified atom stereocenters. The van der Waals surface area contributed by atoms with Gasteiger partial charge in [-0.3, -0.25) is 4.79 Å². The van der Waals surface area contributed by atoms with Crippen molar-refractivity contribution in [3.63, 3.8) is 0 Å². The van der Waals surface area contributed by atoms with Gasteiger partial charge in [0, 0.05) is 23.7 Å². The van der Waals surface area contributed by atoms with Gasteiger partial charge in [0.25, 0.3) is 5.91 Å². The van der Waals surface area contributed by atoms with Crippen molar-refractivity contribution < 1.29 is 27.5 Å². The maximum atomic E-state index is 13.9. The van der Waals surface area contributed by atoms with Gasteiger partial charge in [0.15, 0.2) is 23.0 Å². The third kappa shape index (κ3) is 6.21. The van der Waals surface area contributed by atoms with Gasteiger partial charge in [-0.1, -0.05) is 6.07 Å². The predicted octanol–water partition coefficient (Wildman–Crippen LogP) is 4.79. The Morgan fingerprint density at radius 1 is 1.12 bits per heavy atom. The first-order chi connectivity index (χ1) is 15.3. The van der Waals surface area contributed by atoms with Crippen molar-refractivity contribution in [1.29, 1.82) is 0 Å². The second-order valence-electron chi connectivity index (χ2n) is 6.97. The molecule has 7 nitrogen and oxygen atoms in total. The van der Waals surface area contributed by atoms with Crippen LogP contribution < -0.4 is 20.5 Å². The van der Waals surface area contributed by atoms with Crippen molar-refractivity contribution in [2.24, 2.45) is 5.73 Å². The van der Waals surface area contributed by atoms with Crippen LogP contribution in [0.1, 0.15) is 48.6 Å². The molecule has 1 aromatic heterocycles. The van der Waals surface area contributed by atoms with Crippen molar-refractivity contribution in [3.8, 4) is 23.0 Å². The summed E-state index contributed by atoms with van der Waals surface area (Å²) in [7, 11) is 0. The summed E-state index contributed by atoms with van der Waals surface area (Å²) in [5, 5.41) is 2.57. The van der Waals surface area contributed by atoms with Gasteiger partial charge in [0.1, 0.15) is 11.6 Å². The van der Waals surface area contributed by atoms with E-state index < -0.39 is 23.6 Å². The van der Waals surface area contributed by atoms with E-state index in [0.717, 1.165) is 12.1 Å². The molecule has 0 aliphatic heterocycles. The van der Waals surface area contributed by atoms with Crippen molar-refractivity contribution in [3.05, 3.63) is 65.1 Å². The standard InChI is InChI=1S/C23H25F2N3O4.ClH/c1-4-30-18-9-7-14(10-19(18)31-5-2)23-28-20(21(32-23)13(3)26)22(29)27-12-15-6-8-16(24)11-17(15)25;/h6-11,13H,4-5,12,26H2,1-3H3,(H,27,29);1H. The highest BCUT2D eigenvalue weighted by Gasteiger charge is 2.24. The van der Waals surface area contributed by atoms with Gasteiger partial charge in [-0.2, -0.15) is 0 Å². The van der Waals surface area contributed by atoms with Crippen LogP contribution in [0.2, 0.25) is 0 Å². The first-order valence-electron chi connectivity index (χ1n) is 10.2. The first-order valence-corrected chi connectivity index (χ1v) is 10.2. The van der Waals surface area contributed by atoms with E-state index in [1.54, 1.807) is 25.1 Å². The molecule has 3 aromatic rings. The van der Waals surface area contributed by atoms with Crippen LogP contribution in [0.4, 0.5) is 8.78 Å². The van der Waals surface area contributed by atoms with Crippen LogP contribution in [0.25, 0.3) is 11.5 Å². The van der Waals surface area contributed by atoms with Gasteiger partial charge >= 0.3 is 0 Å². The molecule has 1 heterocycles. The number of amides is 1. The summed E-state index contributed by atoms with van der Waals surface area (Å²) in [4.78, 5) is 17.1. The lowest BCUT2D eigenvalue weighted by Gasteiger charge is -2.11. The molecule has 3 rings (SSSR count). The lowest BCUT2D eigenvalue weighted by atomic mass is 10.2. The third-order valence-corrected chi connectivity index (χ3v) is 4.53. The number of aromatic nitrogens is 1. The number of hydrogen-bond acceptors (Lipinski definition) is 6. The minimum atomic E-state index is -0.753. The zero-order chi connectivity index (χ0) is 23.3. The van der Waals surface area contributed by atoms with Crippen LogP contribution in [0.5, 0.6) is 11.5 Å². The fourth-order valence-corrected chi connectivity index (χ4v) is 3.04. The first kappa shape index (κ1) is 26.1. The lowest BCUT2D eigenvalue weighted by Crippen LogP contribution is -2.25. The Bertz CT molecular complexity index is 1110. The van der Waals surface area contributed by atoms with Crippen molar-refractivity contribution in [2.45, 2.75) is 33.4 Å². The number of hydrogen-bond donors (Lipinski definition) is 2. The van der Waals surface area contributed by atoms with Gasteiger partial charge in [0.05, 0.1) is 19.3 Å². The van der Waals surface area contributed by atoms with Crippen LogP contribution in [-0.2, 0) is 6.54 Å². The average molecular weight is 482 g/mol. The molecule has 10 heteroatoms. The van der Waals surface area contributed by atoms with Gasteiger partial charge in [-0.05, 0) is 45.0 Å². The van der Waals surface area contributed by atoms with E-state index in [-0.39, 0.29) is 41.9 Å². The molecule has 0 aliphatic carbocycles. The summed E-state index contributed by atoms with van der Waals surface area (Å²) in [5.41, 5.74) is 6.67. The van der Waals surface area contributed by atoms with Gasteiger partial charge in [-0.25, -0.2) is 13.8 Å². The number of nitrogens with two attached hydrogens (primary N) is 1. The molecule has 3 N–H and O–H groups in total. The second kappa shape index (κ2) is 11.6. The molecule has 1 atom stereocenters. The highest BCUT2D eigenvalue weighted by molar-refractivity contribution is 5.94. The fourth-order valence-electron chi connectivity index (χ4n) is 3.04. The Hall–Kier alpha value is -3.17. The van der Waals surface area contributed by atoms with Gasteiger partial charge in [-0.15, -0.1) is 12.4 Å². The van der Waals surface area contributed by atoms with Crippen LogP contribution in [0.15, 0.2) is 40.8 Å². The topological polar surface area (TPSA) is 99.6 Å². The van der Waals surface area contributed by atoms with Crippen LogP contribution in [0, 0.1) is 11.6 Å². The monoisotopic (exact) mass is 481 g/mol. The minimum absolute atomic E-state index is 0. The smallest absolute Gasteiger partial charge is 0.273 e. The minimum Gasteiger partial charge on any atom is -0.490 e. The Morgan fingerprint density at radius 2 is 1.82 bits per heavy atom. The van der Waals surface area contributed by atoms with Crippen molar-refractivity contribution in [1.82, 2.24) is 10.3 Å². The highest BCUT2D eigenvalue weighted by Crippen LogP contribution is 2.34. The molecule has 2 aromatic carbocycles. The Morgan fingerprint density at radius 3 is 2.45 bits per heavy atom. The molecule has 0 saturated heterocycles. The average Bonchev–Trinajstić information content (AvgIpc) is 3.20. The number of ether oxygens (including phenoxy) is 2. The number of oxazole rings is 1. The van der Waals surface area contributed by atoms with E-state index in [1.807, 2.05) is 13.8 Å². The van der Waals surface area contributed by atoms with Gasteiger partial charge in [0.2, 0.25) is 5.89 Å². The number of carbonyl (C=O) groups is 1. The largest absolute Gasteiger partial charge is 0.490 e. The summed E-state index contributed by atoms with van der Waals surface area (Å²) in [6.07, 6.45) is 0. The fraction of sp³-hybridized carbons (Fsp3) is 0.304. The molecule has 0 aliphatic rings. The van der Waals surface area contributed by atoms with Crippen molar-refractivity contribution >= 4 is 18.3 Å².